The minimum atomic E-state index is 0.0921. The fourth-order valence-electron chi connectivity index (χ4n) is 3.07. The van der Waals surface area contributed by atoms with E-state index >= 15 is 0 Å². The number of amides is 1. The van der Waals surface area contributed by atoms with Gasteiger partial charge in [-0.3, -0.25) is 4.79 Å². The van der Waals surface area contributed by atoms with Crippen molar-refractivity contribution in [2.24, 2.45) is 0 Å². The highest BCUT2D eigenvalue weighted by atomic mass is 32.2. The zero-order chi connectivity index (χ0) is 14.7. The Morgan fingerprint density at radius 1 is 1.48 bits per heavy atom. The predicted octanol–water partition coefficient (Wildman–Crippen LogP) is 3.16. The number of hydrogen-bond donors (Lipinski definition) is 0. The number of ether oxygens (including phenoxy) is 1. The first kappa shape index (κ1) is 15.0. The molecule has 0 spiro atoms. The third-order valence-electron chi connectivity index (χ3n) is 4.24. The van der Waals surface area contributed by atoms with Gasteiger partial charge in [0.2, 0.25) is 5.91 Å². The molecule has 0 saturated carbocycles. The zero-order valence-electron chi connectivity index (χ0n) is 12.5. The molecule has 2 aliphatic rings. The van der Waals surface area contributed by atoms with Crippen molar-refractivity contribution in [2.75, 3.05) is 24.7 Å². The first-order valence-corrected chi connectivity index (χ1v) is 8.94. The molecule has 1 aromatic heterocycles. The molecule has 1 amide bonds. The number of hydrogen-bond acceptors (Lipinski definition) is 4. The molecule has 0 unspecified atom stereocenters. The normalized spacial score (nSPS) is 26.2. The van der Waals surface area contributed by atoms with Gasteiger partial charge < -0.3 is 14.1 Å². The molecule has 4 nitrogen and oxygen atoms in total. The molecule has 2 atom stereocenters. The van der Waals surface area contributed by atoms with Crippen LogP contribution in [0.25, 0.3) is 0 Å². The van der Waals surface area contributed by atoms with Crippen LogP contribution in [0.1, 0.15) is 43.2 Å². The third kappa shape index (κ3) is 3.64. The average molecular weight is 309 g/mol. The van der Waals surface area contributed by atoms with Crippen molar-refractivity contribution in [1.82, 2.24) is 4.90 Å². The van der Waals surface area contributed by atoms with Crippen molar-refractivity contribution < 1.29 is 13.9 Å². The topological polar surface area (TPSA) is 42.7 Å². The monoisotopic (exact) mass is 309 g/mol. The molecule has 1 aromatic rings. The summed E-state index contributed by atoms with van der Waals surface area (Å²) in [6, 6.07) is 4.07. The van der Waals surface area contributed by atoms with E-state index in [2.05, 4.69) is 0 Å². The van der Waals surface area contributed by atoms with Gasteiger partial charge in [0.25, 0.3) is 0 Å². The van der Waals surface area contributed by atoms with Gasteiger partial charge in [-0.15, -0.1) is 0 Å². The first-order valence-electron chi connectivity index (χ1n) is 7.79. The van der Waals surface area contributed by atoms with E-state index in [0.29, 0.717) is 6.42 Å². The summed E-state index contributed by atoms with van der Waals surface area (Å²) in [6.07, 6.45) is 3.97. The van der Waals surface area contributed by atoms with E-state index in [0.717, 1.165) is 55.4 Å². The second-order valence-corrected chi connectivity index (χ2v) is 6.95. The number of aryl methyl sites for hydroxylation is 1. The molecular weight excluding hydrogens is 286 g/mol. The van der Waals surface area contributed by atoms with Crippen molar-refractivity contribution in [3.05, 3.63) is 23.7 Å². The summed E-state index contributed by atoms with van der Waals surface area (Å²) in [4.78, 5) is 14.6. The van der Waals surface area contributed by atoms with Gasteiger partial charge >= 0.3 is 0 Å². The van der Waals surface area contributed by atoms with Crippen molar-refractivity contribution in [2.45, 2.75) is 44.8 Å². The molecule has 0 aromatic carbocycles. The highest BCUT2D eigenvalue weighted by Crippen LogP contribution is 2.31. The van der Waals surface area contributed by atoms with Crippen LogP contribution in [0.15, 0.2) is 16.5 Å². The van der Waals surface area contributed by atoms with Crippen LogP contribution < -0.4 is 0 Å². The van der Waals surface area contributed by atoms with Crippen LogP contribution in [-0.4, -0.2) is 41.6 Å². The van der Waals surface area contributed by atoms with Gasteiger partial charge in [-0.1, -0.05) is 0 Å². The Hall–Kier alpha value is -0.940. The molecule has 2 saturated heterocycles. The summed E-state index contributed by atoms with van der Waals surface area (Å²) in [7, 11) is 0. The largest absolute Gasteiger partial charge is 0.464 e. The van der Waals surface area contributed by atoms with E-state index in [1.54, 1.807) is 0 Å². The quantitative estimate of drug-likeness (QED) is 0.857. The van der Waals surface area contributed by atoms with E-state index in [-0.39, 0.29) is 18.1 Å². The summed E-state index contributed by atoms with van der Waals surface area (Å²) in [5, 5.41) is 0. The van der Waals surface area contributed by atoms with E-state index < -0.39 is 0 Å². The second-order valence-electron chi connectivity index (χ2n) is 5.80. The minimum absolute atomic E-state index is 0.0921. The maximum Gasteiger partial charge on any atom is 0.223 e. The van der Waals surface area contributed by atoms with Crippen molar-refractivity contribution >= 4 is 17.7 Å². The summed E-state index contributed by atoms with van der Waals surface area (Å²) < 4.78 is 11.4. The lowest BCUT2D eigenvalue weighted by Gasteiger charge is -2.34. The van der Waals surface area contributed by atoms with Crippen LogP contribution in [0, 0.1) is 6.92 Å². The highest BCUT2D eigenvalue weighted by Gasteiger charge is 2.30. The Balaban J connectivity index is 1.61. The molecule has 5 heteroatoms. The van der Waals surface area contributed by atoms with Gasteiger partial charge in [-0.05, 0) is 38.3 Å². The standard InChI is InChI=1S/C16H23NO3S/c1-12-4-6-15(20-12)14-11-21-10-8-17(14)16(18)7-5-13-3-2-9-19-13/h4,6,13-14H,2-3,5,7-11H2,1H3/t13-,14+/m1/s1. The van der Waals surface area contributed by atoms with Crippen LogP contribution >= 0.6 is 11.8 Å². The maximum atomic E-state index is 12.6. The van der Waals surface area contributed by atoms with Crippen molar-refractivity contribution in [3.8, 4) is 0 Å². The van der Waals surface area contributed by atoms with Crippen LogP contribution in [0.5, 0.6) is 0 Å². The van der Waals surface area contributed by atoms with E-state index in [4.69, 9.17) is 9.15 Å². The maximum absolute atomic E-state index is 12.6. The number of carbonyl (C=O) groups excluding carboxylic acids is 1. The Morgan fingerprint density at radius 3 is 3.10 bits per heavy atom. The Morgan fingerprint density at radius 2 is 2.38 bits per heavy atom. The highest BCUT2D eigenvalue weighted by molar-refractivity contribution is 7.99. The molecule has 0 N–H and O–H groups in total. The lowest BCUT2D eigenvalue weighted by Crippen LogP contribution is -2.40. The van der Waals surface area contributed by atoms with Crippen LogP contribution in [0.2, 0.25) is 0 Å². The lowest BCUT2D eigenvalue weighted by molar-refractivity contribution is -0.134. The molecular formula is C16H23NO3S. The fraction of sp³-hybridized carbons (Fsp3) is 0.688. The van der Waals surface area contributed by atoms with Crippen LogP contribution in [-0.2, 0) is 9.53 Å². The second kappa shape index (κ2) is 6.88. The van der Waals surface area contributed by atoms with Gasteiger partial charge in [-0.25, -0.2) is 0 Å². The number of furan rings is 1. The molecule has 3 heterocycles. The van der Waals surface area contributed by atoms with Crippen LogP contribution in [0.4, 0.5) is 0 Å². The number of rotatable bonds is 4. The summed E-state index contributed by atoms with van der Waals surface area (Å²) in [6.45, 7) is 3.62. The van der Waals surface area contributed by atoms with Gasteiger partial charge in [0.15, 0.2) is 0 Å². The molecule has 2 aliphatic heterocycles. The molecule has 21 heavy (non-hydrogen) atoms. The molecule has 0 radical (unpaired) electrons. The minimum Gasteiger partial charge on any atom is -0.464 e. The Labute approximate surface area is 130 Å². The smallest absolute Gasteiger partial charge is 0.223 e. The summed E-state index contributed by atoms with van der Waals surface area (Å²) >= 11 is 1.89. The third-order valence-corrected chi connectivity index (χ3v) is 5.27. The fourth-order valence-corrected chi connectivity index (χ4v) is 4.13. The number of thioether (sulfide) groups is 1. The zero-order valence-corrected chi connectivity index (χ0v) is 13.4. The van der Waals surface area contributed by atoms with Gasteiger partial charge in [-0.2, -0.15) is 11.8 Å². The number of nitrogens with zero attached hydrogens (tertiary/aromatic N) is 1. The SMILES string of the molecule is Cc1ccc([C@@H]2CSCCN2C(=O)CC[C@H]2CCCO2)o1. The predicted molar refractivity (Wildman–Crippen MR) is 83.4 cm³/mol. The molecule has 116 valence electrons. The first-order chi connectivity index (χ1) is 10.2. The van der Waals surface area contributed by atoms with Crippen LogP contribution in [0.3, 0.4) is 0 Å². The number of carbonyl (C=O) groups is 1. The Bertz CT molecular complexity index is 482. The molecule has 3 rings (SSSR count). The molecule has 2 fully saturated rings. The molecule has 0 bridgehead atoms. The van der Waals surface area contributed by atoms with Gasteiger partial charge in [0.05, 0.1) is 12.1 Å². The van der Waals surface area contributed by atoms with Crippen molar-refractivity contribution in [1.29, 1.82) is 0 Å². The van der Waals surface area contributed by atoms with E-state index in [9.17, 15) is 4.79 Å². The van der Waals surface area contributed by atoms with E-state index in [1.807, 2.05) is 35.7 Å². The average Bonchev–Trinajstić information content (AvgIpc) is 3.16. The summed E-state index contributed by atoms with van der Waals surface area (Å²) in [5.41, 5.74) is 0. The Kier molecular flexibility index (Phi) is 4.91. The van der Waals surface area contributed by atoms with E-state index in [1.165, 1.54) is 0 Å². The lowest BCUT2D eigenvalue weighted by atomic mass is 10.1. The summed E-state index contributed by atoms with van der Waals surface area (Å²) in [5.74, 6) is 4.02. The van der Waals surface area contributed by atoms with Gasteiger partial charge in [0.1, 0.15) is 11.5 Å². The van der Waals surface area contributed by atoms with Gasteiger partial charge in [0, 0.05) is 31.1 Å². The van der Waals surface area contributed by atoms with Crippen molar-refractivity contribution in [3.63, 3.8) is 0 Å². The molecule has 0 aliphatic carbocycles.